The van der Waals surface area contributed by atoms with E-state index >= 15 is 0 Å². The Bertz CT molecular complexity index is 792. The standard InChI is InChI=1S/C16H17N5O/c22-16(9-12-2-3-13-10-17-19-15(13)8-12)20-7-4-14(11-20)21-6-1-5-18-21/h1-3,5-6,8,10,14H,4,7,9,11H2,(H,17,19). The molecule has 0 aliphatic carbocycles. The van der Waals surface area contributed by atoms with Crippen molar-refractivity contribution >= 4 is 16.8 Å². The van der Waals surface area contributed by atoms with Gasteiger partial charge < -0.3 is 4.90 Å². The Morgan fingerprint density at radius 2 is 2.36 bits per heavy atom. The molecule has 3 heterocycles. The molecule has 1 saturated heterocycles. The number of aromatic nitrogens is 4. The van der Waals surface area contributed by atoms with Gasteiger partial charge in [0.25, 0.3) is 0 Å². The van der Waals surface area contributed by atoms with Crippen molar-refractivity contribution in [2.24, 2.45) is 0 Å². The minimum Gasteiger partial charge on any atom is -0.340 e. The molecule has 1 aliphatic rings. The van der Waals surface area contributed by atoms with E-state index < -0.39 is 0 Å². The first-order valence-electron chi connectivity index (χ1n) is 7.48. The Morgan fingerprint density at radius 1 is 1.41 bits per heavy atom. The summed E-state index contributed by atoms with van der Waals surface area (Å²) in [6.45, 7) is 1.54. The first-order chi connectivity index (χ1) is 10.8. The Balaban J connectivity index is 1.44. The number of rotatable bonds is 3. The van der Waals surface area contributed by atoms with Crippen molar-refractivity contribution in [3.8, 4) is 0 Å². The number of carbonyl (C=O) groups is 1. The number of nitrogens with one attached hydrogen (secondary N) is 1. The number of aromatic amines is 1. The van der Waals surface area contributed by atoms with Gasteiger partial charge in [-0.1, -0.05) is 12.1 Å². The van der Waals surface area contributed by atoms with E-state index in [0.717, 1.165) is 36.0 Å². The molecule has 1 N–H and O–H groups in total. The lowest BCUT2D eigenvalue weighted by molar-refractivity contribution is -0.129. The van der Waals surface area contributed by atoms with Crippen molar-refractivity contribution < 1.29 is 4.79 Å². The maximum absolute atomic E-state index is 12.5. The van der Waals surface area contributed by atoms with Crippen LogP contribution in [-0.2, 0) is 11.2 Å². The minimum absolute atomic E-state index is 0.175. The summed E-state index contributed by atoms with van der Waals surface area (Å²) < 4.78 is 1.95. The largest absolute Gasteiger partial charge is 0.340 e. The maximum atomic E-state index is 12.5. The summed E-state index contributed by atoms with van der Waals surface area (Å²) in [6, 6.07) is 8.22. The maximum Gasteiger partial charge on any atom is 0.227 e. The molecule has 22 heavy (non-hydrogen) atoms. The third kappa shape index (κ3) is 2.36. The van der Waals surface area contributed by atoms with Gasteiger partial charge in [0.2, 0.25) is 5.91 Å². The van der Waals surface area contributed by atoms with Crippen LogP contribution in [0.25, 0.3) is 10.9 Å². The highest BCUT2D eigenvalue weighted by Crippen LogP contribution is 2.22. The van der Waals surface area contributed by atoms with Gasteiger partial charge in [0.15, 0.2) is 0 Å². The molecule has 1 atom stereocenters. The number of H-pyrrole nitrogens is 1. The summed E-state index contributed by atoms with van der Waals surface area (Å²) >= 11 is 0. The predicted molar refractivity (Wildman–Crippen MR) is 82.3 cm³/mol. The van der Waals surface area contributed by atoms with E-state index in [-0.39, 0.29) is 5.91 Å². The van der Waals surface area contributed by atoms with Crippen LogP contribution in [0.1, 0.15) is 18.0 Å². The second-order valence-corrected chi connectivity index (χ2v) is 5.74. The summed E-state index contributed by atoms with van der Waals surface area (Å²) in [6.07, 6.45) is 6.93. The molecular weight excluding hydrogens is 278 g/mol. The van der Waals surface area contributed by atoms with Crippen LogP contribution in [0.3, 0.4) is 0 Å². The van der Waals surface area contributed by atoms with Gasteiger partial charge in [0, 0.05) is 30.9 Å². The summed E-state index contributed by atoms with van der Waals surface area (Å²) in [5.74, 6) is 0.175. The van der Waals surface area contributed by atoms with E-state index in [1.165, 1.54) is 0 Å². The van der Waals surface area contributed by atoms with E-state index in [0.29, 0.717) is 12.5 Å². The second-order valence-electron chi connectivity index (χ2n) is 5.74. The van der Waals surface area contributed by atoms with Crippen molar-refractivity contribution in [3.05, 3.63) is 48.4 Å². The van der Waals surface area contributed by atoms with Crippen LogP contribution in [0.15, 0.2) is 42.9 Å². The molecule has 1 fully saturated rings. The Hall–Kier alpha value is -2.63. The molecule has 0 saturated carbocycles. The van der Waals surface area contributed by atoms with E-state index in [1.807, 2.05) is 40.0 Å². The van der Waals surface area contributed by atoms with Gasteiger partial charge in [-0.3, -0.25) is 14.6 Å². The molecule has 0 bridgehead atoms. The zero-order valence-electron chi connectivity index (χ0n) is 12.1. The number of hydrogen-bond donors (Lipinski definition) is 1. The molecule has 3 aromatic rings. The Morgan fingerprint density at radius 3 is 3.23 bits per heavy atom. The van der Waals surface area contributed by atoms with Gasteiger partial charge in [-0.15, -0.1) is 0 Å². The molecule has 1 aromatic carbocycles. The highest BCUT2D eigenvalue weighted by molar-refractivity contribution is 5.83. The Kier molecular flexibility index (Phi) is 3.14. The molecule has 1 unspecified atom stereocenters. The molecule has 4 rings (SSSR count). The molecule has 0 spiro atoms. The van der Waals surface area contributed by atoms with Crippen LogP contribution < -0.4 is 0 Å². The number of likely N-dealkylation sites (tertiary alicyclic amines) is 1. The van der Waals surface area contributed by atoms with Gasteiger partial charge in [0.1, 0.15) is 0 Å². The number of carbonyl (C=O) groups excluding carboxylic acids is 1. The Labute approximate surface area is 127 Å². The average Bonchev–Trinajstić information content (AvgIpc) is 3.26. The number of hydrogen-bond acceptors (Lipinski definition) is 3. The number of nitrogens with zero attached hydrogens (tertiary/aromatic N) is 4. The van der Waals surface area contributed by atoms with Crippen LogP contribution in [0, 0.1) is 0 Å². The molecule has 1 aliphatic heterocycles. The third-order valence-corrected chi connectivity index (χ3v) is 4.28. The van der Waals surface area contributed by atoms with Gasteiger partial charge in [-0.05, 0) is 24.1 Å². The lowest BCUT2D eigenvalue weighted by atomic mass is 10.1. The van der Waals surface area contributed by atoms with Crippen molar-refractivity contribution in [1.82, 2.24) is 24.9 Å². The molecular formula is C16H17N5O. The lowest BCUT2D eigenvalue weighted by Gasteiger charge is -2.16. The molecule has 6 heteroatoms. The van der Waals surface area contributed by atoms with Crippen molar-refractivity contribution in [3.63, 3.8) is 0 Å². The molecule has 0 radical (unpaired) electrons. The molecule has 2 aromatic heterocycles. The smallest absolute Gasteiger partial charge is 0.227 e. The van der Waals surface area contributed by atoms with Gasteiger partial charge in [0.05, 0.1) is 24.2 Å². The number of amides is 1. The predicted octanol–water partition coefficient (Wildman–Crippen LogP) is 1.78. The SMILES string of the molecule is O=C(Cc1ccc2cn[nH]c2c1)N1CCC(n2cccn2)C1. The molecule has 112 valence electrons. The minimum atomic E-state index is 0.175. The van der Waals surface area contributed by atoms with E-state index in [4.69, 9.17) is 0 Å². The van der Waals surface area contributed by atoms with Crippen molar-refractivity contribution in [2.75, 3.05) is 13.1 Å². The van der Waals surface area contributed by atoms with Crippen molar-refractivity contribution in [1.29, 1.82) is 0 Å². The van der Waals surface area contributed by atoms with Crippen LogP contribution >= 0.6 is 0 Å². The van der Waals surface area contributed by atoms with E-state index in [1.54, 1.807) is 12.4 Å². The second kappa shape index (κ2) is 5.29. The van der Waals surface area contributed by atoms with Gasteiger partial charge >= 0.3 is 0 Å². The van der Waals surface area contributed by atoms with Crippen LogP contribution in [0.2, 0.25) is 0 Å². The topological polar surface area (TPSA) is 66.8 Å². The summed E-state index contributed by atoms with van der Waals surface area (Å²) in [4.78, 5) is 14.4. The lowest BCUT2D eigenvalue weighted by Crippen LogP contribution is -2.30. The molecule has 6 nitrogen and oxygen atoms in total. The first kappa shape index (κ1) is 13.1. The fraction of sp³-hybridized carbons (Fsp3) is 0.312. The number of fused-ring (bicyclic) bond motifs is 1. The summed E-state index contributed by atoms with van der Waals surface area (Å²) in [5.41, 5.74) is 1.99. The quantitative estimate of drug-likeness (QED) is 0.801. The highest BCUT2D eigenvalue weighted by atomic mass is 16.2. The normalized spacial score (nSPS) is 18.2. The zero-order valence-corrected chi connectivity index (χ0v) is 12.1. The molecule has 1 amide bonds. The summed E-state index contributed by atoms with van der Waals surface area (Å²) in [5, 5.41) is 12.3. The zero-order chi connectivity index (χ0) is 14.9. The van der Waals surface area contributed by atoms with Crippen molar-refractivity contribution in [2.45, 2.75) is 18.9 Å². The fourth-order valence-corrected chi connectivity index (χ4v) is 3.06. The summed E-state index contributed by atoms with van der Waals surface area (Å²) in [7, 11) is 0. The van der Waals surface area contributed by atoms with E-state index in [9.17, 15) is 4.79 Å². The van der Waals surface area contributed by atoms with Gasteiger partial charge in [-0.25, -0.2) is 0 Å². The van der Waals surface area contributed by atoms with Crippen LogP contribution in [0.5, 0.6) is 0 Å². The number of benzene rings is 1. The fourth-order valence-electron chi connectivity index (χ4n) is 3.06. The highest BCUT2D eigenvalue weighted by Gasteiger charge is 2.27. The van der Waals surface area contributed by atoms with Crippen LogP contribution in [0.4, 0.5) is 0 Å². The monoisotopic (exact) mass is 295 g/mol. The third-order valence-electron chi connectivity index (χ3n) is 4.28. The van der Waals surface area contributed by atoms with Crippen LogP contribution in [-0.4, -0.2) is 43.9 Å². The van der Waals surface area contributed by atoms with E-state index in [2.05, 4.69) is 15.3 Å². The average molecular weight is 295 g/mol. The first-order valence-corrected chi connectivity index (χ1v) is 7.48. The van der Waals surface area contributed by atoms with Gasteiger partial charge in [-0.2, -0.15) is 10.2 Å².